The highest BCUT2D eigenvalue weighted by atomic mass is 16.5. The van der Waals surface area contributed by atoms with Crippen molar-refractivity contribution in [2.45, 2.75) is 33.2 Å². The van der Waals surface area contributed by atoms with Crippen LogP contribution in [0.2, 0.25) is 0 Å². The third-order valence-electron chi connectivity index (χ3n) is 5.26. The molecule has 7 heteroatoms. The minimum Gasteiger partial charge on any atom is -0.493 e. The van der Waals surface area contributed by atoms with Gasteiger partial charge < -0.3 is 29.9 Å². The fourth-order valence-electron chi connectivity index (χ4n) is 3.47. The maximum Gasteiger partial charge on any atom is 0.191 e. The highest BCUT2D eigenvalue weighted by Gasteiger charge is 2.11. The van der Waals surface area contributed by atoms with E-state index in [4.69, 9.17) is 14.5 Å². The molecule has 30 heavy (non-hydrogen) atoms. The Labute approximate surface area is 182 Å². The molecule has 1 aliphatic rings. The Morgan fingerprint density at radius 2 is 2.00 bits per heavy atom. The zero-order valence-electron chi connectivity index (χ0n) is 19.4. The van der Waals surface area contributed by atoms with Crippen molar-refractivity contribution in [3.63, 3.8) is 0 Å². The number of likely N-dealkylation sites (N-methyl/N-ethyl adjacent to an activating group) is 1. The Morgan fingerprint density at radius 3 is 2.80 bits per heavy atom. The molecule has 0 spiro atoms. The molecule has 1 saturated heterocycles. The first kappa shape index (κ1) is 24.4. The second kappa shape index (κ2) is 14.2. The summed E-state index contributed by atoms with van der Waals surface area (Å²) in [6.45, 7) is 13.6. The summed E-state index contributed by atoms with van der Waals surface area (Å²) in [5, 5.41) is 6.84. The zero-order valence-corrected chi connectivity index (χ0v) is 19.4. The van der Waals surface area contributed by atoms with Gasteiger partial charge in [0.25, 0.3) is 0 Å². The van der Waals surface area contributed by atoms with Gasteiger partial charge in [0.15, 0.2) is 5.96 Å². The first-order chi connectivity index (χ1) is 14.6. The number of hydrogen-bond donors (Lipinski definition) is 2. The molecule has 170 valence electrons. The topological polar surface area (TPSA) is 61.4 Å². The van der Waals surface area contributed by atoms with E-state index >= 15 is 0 Å². The summed E-state index contributed by atoms with van der Waals surface area (Å²) in [6.07, 6.45) is 2.12. The van der Waals surface area contributed by atoms with E-state index in [1.54, 1.807) is 7.11 Å². The summed E-state index contributed by atoms with van der Waals surface area (Å²) in [7, 11) is 3.92. The van der Waals surface area contributed by atoms with Gasteiger partial charge in [0.2, 0.25) is 0 Å². The van der Waals surface area contributed by atoms with Crippen LogP contribution in [-0.4, -0.2) is 88.9 Å². The number of nitrogens with zero attached hydrogens (tertiary/aromatic N) is 3. The normalized spacial score (nSPS) is 16.3. The highest BCUT2D eigenvalue weighted by Crippen LogP contribution is 2.21. The summed E-state index contributed by atoms with van der Waals surface area (Å²) in [5.41, 5.74) is 2.29. The second-order valence-corrected chi connectivity index (χ2v) is 7.93. The summed E-state index contributed by atoms with van der Waals surface area (Å²) in [5.74, 6) is 1.77. The fourth-order valence-corrected chi connectivity index (χ4v) is 3.47. The fraction of sp³-hybridized carbons (Fsp3) is 0.696. The zero-order chi connectivity index (χ0) is 21.6. The number of aliphatic imine (C=N–C) groups is 1. The predicted octanol–water partition coefficient (Wildman–Crippen LogP) is 2.10. The van der Waals surface area contributed by atoms with Crippen molar-refractivity contribution < 1.29 is 9.47 Å². The van der Waals surface area contributed by atoms with Crippen LogP contribution in [0.3, 0.4) is 0 Å². The van der Waals surface area contributed by atoms with E-state index in [1.807, 2.05) is 0 Å². The van der Waals surface area contributed by atoms with E-state index in [0.717, 1.165) is 56.4 Å². The molecule has 1 heterocycles. The molecule has 1 aromatic rings. The average Bonchev–Trinajstić information content (AvgIpc) is 2.94. The van der Waals surface area contributed by atoms with Crippen LogP contribution >= 0.6 is 0 Å². The van der Waals surface area contributed by atoms with Crippen LogP contribution in [0.4, 0.5) is 0 Å². The van der Waals surface area contributed by atoms with Gasteiger partial charge >= 0.3 is 0 Å². The largest absolute Gasteiger partial charge is 0.493 e. The van der Waals surface area contributed by atoms with Crippen LogP contribution in [0.15, 0.2) is 23.2 Å². The number of benzene rings is 1. The molecule has 0 aromatic heterocycles. The standard InChI is InChI=1S/C23H41N5O2/c1-5-24-23(25-10-13-28-12-6-11-27(3)14-15-28)26-19-21-9-8-20(2)18-22(21)30-17-7-16-29-4/h8-9,18H,5-7,10-17,19H2,1-4H3,(H2,24,25,26). The third-order valence-corrected chi connectivity index (χ3v) is 5.26. The van der Waals surface area contributed by atoms with Crippen LogP contribution in [0.5, 0.6) is 5.75 Å². The van der Waals surface area contributed by atoms with Crippen molar-refractivity contribution >= 4 is 5.96 Å². The van der Waals surface area contributed by atoms with E-state index in [2.05, 4.69) is 59.5 Å². The van der Waals surface area contributed by atoms with E-state index in [-0.39, 0.29) is 0 Å². The summed E-state index contributed by atoms with van der Waals surface area (Å²) in [4.78, 5) is 9.74. The molecular weight excluding hydrogens is 378 g/mol. The van der Waals surface area contributed by atoms with Gasteiger partial charge in [0.1, 0.15) is 5.75 Å². The Kier molecular flexibility index (Phi) is 11.6. The lowest BCUT2D eigenvalue weighted by molar-refractivity contribution is 0.172. The molecule has 1 fully saturated rings. The molecule has 1 aliphatic heterocycles. The molecule has 0 atom stereocenters. The van der Waals surface area contributed by atoms with E-state index in [9.17, 15) is 0 Å². The van der Waals surface area contributed by atoms with Crippen LogP contribution < -0.4 is 15.4 Å². The molecule has 0 radical (unpaired) electrons. The van der Waals surface area contributed by atoms with Crippen molar-refractivity contribution in [2.24, 2.45) is 4.99 Å². The van der Waals surface area contributed by atoms with Gasteiger partial charge in [-0.25, -0.2) is 4.99 Å². The molecule has 0 saturated carbocycles. The number of nitrogens with one attached hydrogen (secondary N) is 2. The molecule has 0 amide bonds. The van der Waals surface area contributed by atoms with Crippen LogP contribution in [0.1, 0.15) is 30.9 Å². The van der Waals surface area contributed by atoms with Crippen molar-refractivity contribution in [3.05, 3.63) is 29.3 Å². The van der Waals surface area contributed by atoms with Gasteiger partial charge in [-0.2, -0.15) is 0 Å². The van der Waals surface area contributed by atoms with Gasteiger partial charge in [-0.15, -0.1) is 0 Å². The predicted molar refractivity (Wildman–Crippen MR) is 125 cm³/mol. The molecule has 1 aromatic carbocycles. The van der Waals surface area contributed by atoms with Crippen molar-refractivity contribution in [3.8, 4) is 5.75 Å². The van der Waals surface area contributed by atoms with Gasteiger partial charge in [-0.1, -0.05) is 12.1 Å². The lowest BCUT2D eigenvalue weighted by atomic mass is 10.1. The van der Waals surface area contributed by atoms with Crippen LogP contribution in [-0.2, 0) is 11.3 Å². The molecule has 0 bridgehead atoms. The molecular formula is C23H41N5O2. The Balaban J connectivity index is 1.88. The van der Waals surface area contributed by atoms with Gasteiger partial charge in [0, 0.05) is 58.4 Å². The summed E-state index contributed by atoms with van der Waals surface area (Å²) < 4.78 is 11.1. The average molecular weight is 420 g/mol. The maximum absolute atomic E-state index is 5.99. The monoisotopic (exact) mass is 419 g/mol. The number of methoxy groups -OCH3 is 1. The SMILES string of the molecule is CCNC(=NCc1ccc(C)cc1OCCCOC)NCCN1CCCN(C)CC1. The lowest BCUT2D eigenvalue weighted by Gasteiger charge is -2.21. The van der Waals surface area contributed by atoms with Gasteiger partial charge in [0.05, 0.1) is 13.2 Å². The summed E-state index contributed by atoms with van der Waals surface area (Å²) >= 11 is 0. The molecule has 7 nitrogen and oxygen atoms in total. The number of guanidine groups is 1. The number of rotatable bonds is 11. The minimum atomic E-state index is 0.587. The molecule has 2 N–H and O–H groups in total. The Hall–Kier alpha value is -1.83. The van der Waals surface area contributed by atoms with E-state index in [1.165, 1.54) is 25.1 Å². The quantitative estimate of drug-likeness (QED) is 0.325. The number of hydrogen-bond acceptors (Lipinski definition) is 5. The molecule has 2 rings (SSSR count). The second-order valence-electron chi connectivity index (χ2n) is 7.93. The van der Waals surface area contributed by atoms with E-state index in [0.29, 0.717) is 19.8 Å². The molecule has 0 unspecified atom stereocenters. The third kappa shape index (κ3) is 9.32. The van der Waals surface area contributed by atoms with Gasteiger partial charge in [-0.05, 0) is 52.0 Å². The highest BCUT2D eigenvalue weighted by molar-refractivity contribution is 5.79. The van der Waals surface area contributed by atoms with Crippen LogP contribution in [0, 0.1) is 6.92 Å². The van der Waals surface area contributed by atoms with Gasteiger partial charge in [-0.3, -0.25) is 0 Å². The summed E-state index contributed by atoms with van der Waals surface area (Å²) in [6, 6.07) is 6.32. The smallest absolute Gasteiger partial charge is 0.191 e. The van der Waals surface area contributed by atoms with Crippen LogP contribution in [0.25, 0.3) is 0 Å². The minimum absolute atomic E-state index is 0.587. The van der Waals surface area contributed by atoms with Crippen molar-refractivity contribution in [1.82, 2.24) is 20.4 Å². The molecule has 0 aliphatic carbocycles. The Morgan fingerprint density at radius 1 is 1.13 bits per heavy atom. The number of aryl methyl sites for hydroxylation is 1. The van der Waals surface area contributed by atoms with E-state index < -0.39 is 0 Å². The van der Waals surface area contributed by atoms with Crippen molar-refractivity contribution in [1.29, 1.82) is 0 Å². The maximum atomic E-state index is 5.99. The lowest BCUT2D eigenvalue weighted by Crippen LogP contribution is -2.42. The Bertz CT molecular complexity index is 638. The first-order valence-electron chi connectivity index (χ1n) is 11.3. The number of ether oxygens (including phenoxy) is 2. The first-order valence-corrected chi connectivity index (χ1v) is 11.3. The van der Waals surface area contributed by atoms with Crippen molar-refractivity contribution in [2.75, 3.05) is 73.2 Å².